The predicted molar refractivity (Wildman–Crippen MR) is 120 cm³/mol. The molecular weight excluding hydrogens is 429 g/mol. The third-order valence-corrected chi connectivity index (χ3v) is 8.53. The van der Waals surface area contributed by atoms with E-state index in [1.54, 1.807) is 0 Å². The third-order valence-electron chi connectivity index (χ3n) is 7.58. The molecule has 2 heterocycles. The van der Waals surface area contributed by atoms with Crippen LogP contribution in [0.25, 0.3) is 10.2 Å². The van der Waals surface area contributed by atoms with Crippen LogP contribution in [0.15, 0.2) is 24.3 Å². The van der Waals surface area contributed by atoms with Gasteiger partial charge in [0.15, 0.2) is 5.13 Å². The third kappa shape index (κ3) is 3.76. The Balaban J connectivity index is 1.18. The van der Waals surface area contributed by atoms with Crippen molar-refractivity contribution in [1.82, 2.24) is 15.2 Å². The van der Waals surface area contributed by atoms with Crippen molar-refractivity contribution in [3.8, 4) is 6.07 Å². The van der Waals surface area contributed by atoms with E-state index in [0.29, 0.717) is 5.13 Å². The Bertz CT molecular complexity index is 1040. The molecule has 6 rings (SSSR count). The van der Waals surface area contributed by atoms with Gasteiger partial charge in [0.2, 0.25) is 11.8 Å². The molecule has 1 aromatic carbocycles. The fourth-order valence-electron chi connectivity index (χ4n) is 5.49. The van der Waals surface area contributed by atoms with Gasteiger partial charge in [-0.25, -0.2) is 9.37 Å². The van der Waals surface area contributed by atoms with Crippen LogP contribution in [-0.4, -0.2) is 52.5 Å². The number of aromatic nitrogens is 1. The Morgan fingerprint density at radius 1 is 1.22 bits per heavy atom. The minimum absolute atomic E-state index is 0.000783. The number of nitriles is 1. The zero-order valence-electron chi connectivity index (χ0n) is 17.8. The highest BCUT2D eigenvalue weighted by Crippen LogP contribution is 2.53. The smallest absolute Gasteiger partial charge is 0.237 e. The normalized spacial score (nSPS) is 31.6. The second-order valence-corrected chi connectivity index (χ2v) is 10.4. The molecule has 7 nitrogen and oxygen atoms in total. The molecule has 4 fully saturated rings. The lowest BCUT2D eigenvalue weighted by atomic mass is 9.57. The Labute approximate surface area is 190 Å². The van der Waals surface area contributed by atoms with Gasteiger partial charge in [-0.05, 0) is 50.7 Å². The molecule has 2 bridgehead atoms. The quantitative estimate of drug-likeness (QED) is 0.720. The van der Waals surface area contributed by atoms with Crippen LogP contribution in [0.2, 0.25) is 0 Å². The summed E-state index contributed by atoms with van der Waals surface area (Å²) in [5.74, 6) is -0.175. The molecule has 2 amide bonds. The molecule has 1 aromatic heterocycles. The average molecular weight is 456 g/mol. The zero-order chi connectivity index (χ0) is 22.3. The SMILES string of the molecule is N#C[C@@H]1C[C@H](F)CN1C(=O)CNC12CCC(C(=O)Nc3nc4ccccc4s3)(CC1)CC2. The highest BCUT2D eigenvalue weighted by atomic mass is 32.1. The number of carbonyl (C=O) groups excluding carboxylic acids is 2. The van der Waals surface area contributed by atoms with Gasteiger partial charge in [-0.15, -0.1) is 0 Å². The van der Waals surface area contributed by atoms with Crippen LogP contribution in [0, 0.1) is 16.7 Å². The first-order valence-corrected chi connectivity index (χ1v) is 12.0. The second kappa shape index (κ2) is 8.09. The number of para-hydroxylation sites is 1. The number of fused-ring (bicyclic) bond motifs is 4. The van der Waals surface area contributed by atoms with Crippen LogP contribution in [-0.2, 0) is 9.59 Å². The van der Waals surface area contributed by atoms with Gasteiger partial charge in [-0.2, -0.15) is 5.26 Å². The number of nitrogens with one attached hydrogen (secondary N) is 2. The number of likely N-dealkylation sites (tertiary alicyclic amines) is 1. The molecule has 0 spiro atoms. The molecule has 2 atom stereocenters. The summed E-state index contributed by atoms with van der Waals surface area (Å²) in [6.45, 7) is 0.108. The van der Waals surface area contributed by atoms with E-state index in [0.717, 1.165) is 48.7 Å². The van der Waals surface area contributed by atoms with Crippen LogP contribution >= 0.6 is 11.3 Å². The molecular formula is C23H26FN5O2S. The number of alkyl halides is 1. The van der Waals surface area contributed by atoms with Crippen LogP contribution in [0.4, 0.5) is 9.52 Å². The first-order valence-electron chi connectivity index (χ1n) is 11.2. The van der Waals surface area contributed by atoms with Crippen molar-refractivity contribution < 1.29 is 14.0 Å². The summed E-state index contributed by atoms with van der Waals surface area (Å²) in [7, 11) is 0. The van der Waals surface area contributed by atoms with Crippen molar-refractivity contribution in [2.45, 2.75) is 62.7 Å². The van der Waals surface area contributed by atoms with Gasteiger partial charge in [0.05, 0.1) is 29.4 Å². The van der Waals surface area contributed by atoms with Crippen molar-refractivity contribution in [2.24, 2.45) is 5.41 Å². The lowest BCUT2D eigenvalue weighted by Gasteiger charge is -2.52. The van der Waals surface area contributed by atoms with E-state index < -0.39 is 12.2 Å². The van der Waals surface area contributed by atoms with Crippen molar-refractivity contribution >= 4 is 38.5 Å². The summed E-state index contributed by atoms with van der Waals surface area (Å²) >= 11 is 1.49. The van der Waals surface area contributed by atoms with Crippen LogP contribution in [0.1, 0.15) is 44.9 Å². The number of benzene rings is 1. The monoisotopic (exact) mass is 455 g/mol. The molecule has 9 heteroatoms. The van der Waals surface area contributed by atoms with Gasteiger partial charge in [0.25, 0.3) is 0 Å². The number of thiazole rings is 1. The summed E-state index contributed by atoms with van der Waals surface area (Å²) in [5.41, 5.74) is 0.346. The maximum atomic E-state index is 13.6. The molecule has 3 aliphatic carbocycles. The Kier molecular flexibility index (Phi) is 5.38. The zero-order valence-corrected chi connectivity index (χ0v) is 18.6. The van der Waals surface area contributed by atoms with Crippen LogP contribution in [0.3, 0.4) is 0 Å². The van der Waals surface area contributed by atoms with Crippen molar-refractivity contribution in [2.75, 3.05) is 18.4 Å². The van der Waals surface area contributed by atoms with E-state index in [4.69, 9.17) is 0 Å². The Morgan fingerprint density at radius 2 is 1.94 bits per heavy atom. The van der Waals surface area contributed by atoms with E-state index in [9.17, 15) is 19.2 Å². The molecule has 4 aliphatic rings. The minimum atomic E-state index is -1.12. The van der Waals surface area contributed by atoms with E-state index in [-0.39, 0.29) is 42.3 Å². The Hall–Kier alpha value is -2.57. The molecule has 1 aliphatic heterocycles. The van der Waals surface area contributed by atoms with Crippen molar-refractivity contribution in [3.05, 3.63) is 24.3 Å². The molecule has 2 aromatic rings. The van der Waals surface area contributed by atoms with Gasteiger partial charge >= 0.3 is 0 Å². The lowest BCUT2D eigenvalue weighted by Crippen LogP contribution is -2.59. The van der Waals surface area contributed by atoms with E-state index in [1.807, 2.05) is 30.3 Å². The van der Waals surface area contributed by atoms with Gasteiger partial charge in [-0.3, -0.25) is 9.59 Å². The number of anilines is 1. The van der Waals surface area contributed by atoms with Crippen molar-refractivity contribution in [1.29, 1.82) is 5.26 Å². The highest BCUT2D eigenvalue weighted by molar-refractivity contribution is 7.22. The number of carbonyl (C=O) groups is 2. The lowest BCUT2D eigenvalue weighted by molar-refractivity contribution is -0.135. The van der Waals surface area contributed by atoms with E-state index >= 15 is 0 Å². The van der Waals surface area contributed by atoms with E-state index in [1.165, 1.54) is 16.2 Å². The minimum Gasteiger partial charge on any atom is -0.323 e. The van der Waals surface area contributed by atoms with Gasteiger partial charge in [0.1, 0.15) is 12.2 Å². The van der Waals surface area contributed by atoms with Gasteiger partial charge in [-0.1, -0.05) is 23.5 Å². The molecule has 1 saturated heterocycles. The van der Waals surface area contributed by atoms with Crippen LogP contribution in [0.5, 0.6) is 0 Å². The standard InChI is InChI=1S/C23H26FN5O2S/c24-15-11-16(12-25)29(14-15)19(30)13-26-23-8-5-22(6-9-23,7-10-23)20(31)28-21-27-17-3-1-2-4-18(17)32-21/h1-4,15-16,26H,5-11,13-14H2,(H,27,28,31)/t15-,16-,22?,23?/m0/s1. The first-order chi connectivity index (χ1) is 15.4. The number of nitrogens with zero attached hydrogens (tertiary/aromatic N) is 3. The largest absolute Gasteiger partial charge is 0.323 e. The molecule has 3 saturated carbocycles. The first kappa shape index (κ1) is 21.3. The van der Waals surface area contributed by atoms with Gasteiger partial charge in [0, 0.05) is 17.4 Å². The molecule has 168 valence electrons. The number of hydrogen-bond donors (Lipinski definition) is 2. The second-order valence-electron chi connectivity index (χ2n) is 9.38. The summed E-state index contributed by atoms with van der Waals surface area (Å²) in [6.07, 6.45) is 3.73. The number of amides is 2. The maximum Gasteiger partial charge on any atom is 0.237 e. The highest BCUT2D eigenvalue weighted by Gasteiger charge is 2.52. The maximum absolute atomic E-state index is 13.6. The average Bonchev–Trinajstić information content (AvgIpc) is 3.41. The fourth-order valence-corrected chi connectivity index (χ4v) is 6.36. The number of rotatable bonds is 5. The molecule has 0 unspecified atom stereocenters. The number of hydrogen-bond acceptors (Lipinski definition) is 6. The van der Waals surface area contributed by atoms with E-state index in [2.05, 4.69) is 15.6 Å². The Morgan fingerprint density at radius 3 is 2.62 bits per heavy atom. The summed E-state index contributed by atoms with van der Waals surface area (Å²) < 4.78 is 14.7. The predicted octanol–water partition coefficient (Wildman–Crippen LogP) is 3.38. The van der Waals surface area contributed by atoms with Gasteiger partial charge < -0.3 is 15.5 Å². The molecule has 32 heavy (non-hydrogen) atoms. The number of halogens is 1. The van der Waals surface area contributed by atoms with Crippen molar-refractivity contribution in [3.63, 3.8) is 0 Å². The summed E-state index contributed by atoms with van der Waals surface area (Å²) in [6, 6.07) is 9.20. The van der Waals surface area contributed by atoms with Crippen LogP contribution < -0.4 is 10.6 Å². The summed E-state index contributed by atoms with van der Waals surface area (Å²) in [4.78, 5) is 31.7. The fraction of sp³-hybridized carbons (Fsp3) is 0.565. The summed E-state index contributed by atoms with van der Waals surface area (Å²) in [5, 5.41) is 16.3. The molecule has 0 radical (unpaired) electrons. The molecule has 2 N–H and O–H groups in total. The topological polar surface area (TPSA) is 98.1 Å².